The van der Waals surface area contributed by atoms with Gasteiger partial charge < -0.3 is 0 Å². The Hall–Kier alpha value is -2.49. The molecule has 4 nitrogen and oxygen atoms in total. The van der Waals surface area contributed by atoms with Crippen LogP contribution >= 0.6 is 0 Å². The summed E-state index contributed by atoms with van der Waals surface area (Å²) in [6, 6.07) is 10.6. The highest BCUT2D eigenvalue weighted by Crippen LogP contribution is 2.30. The van der Waals surface area contributed by atoms with E-state index in [4.69, 9.17) is 0 Å². The fourth-order valence-corrected chi connectivity index (χ4v) is 3.42. The Morgan fingerprint density at radius 3 is 2.60 bits per heavy atom. The largest absolute Gasteiger partial charge is 0.273 e. The van der Waals surface area contributed by atoms with Crippen molar-refractivity contribution in [2.24, 2.45) is 16.9 Å². The number of nitrogens with one attached hydrogen (secondary N) is 1. The van der Waals surface area contributed by atoms with Crippen molar-refractivity contribution in [2.75, 3.05) is 0 Å². The van der Waals surface area contributed by atoms with E-state index in [2.05, 4.69) is 54.5 Å². The summed E-state index contributed by atoms with van der Waals surface area (Å²) >= 11 is 0. The van der Waals surface area contributed by atoms with Gasteiger partial charge in [0.2, 0.25) is 5.91 Å². The highest BCUT2D eigenvalue weighted by Gasteiger charge is 2.30. The lowest BCUT2D eigenvalue weighted by Crippen LogP contribution is -2.37. The standard InChI is InChI=1S/C21H25N3O/c1-4-14(3)19-13-20(25)23-24-21(19)18-7-6-17(12-15(18)5-2)16-8-10-22-11-9-16/h6-12,14,19H,4-5,13H2,1-3H3,(H,23,25). The third kappa shape index (κ3) is 3.63. The fraction of sp³-hybridized carbons (Fsp3) is 0.381. The zero-order valence-electron chi connectivity index (χ0n) is 15.1. The van der Waals surface area contributed by atoms with Crippen LogP contribution in [0.25, 0.3) is 11.1 Å². The third-order valence-corrected chi connectivity index (χ3v) is 5.16. The van der Waals surface area contributed by atoms with Crippen molar-refractivity contribution >= 4 is 11.6 Å². The summed E-state index contributed by atoms with van der Waals surface area (Å²) in [6.45, 7) is 6.53. The molecule has 1 aliphatic rings. The van der Waals surface area contributed by atoms with Gasteiger partial charge in [-0.2, -0.15) is 5.10 Å². The van der Waals surface area contributed by atoms with Crippen molar-refractivity contribution in [3.8, 4) is 11.1 Å². The molecule has 0 saturated carbocycles. The first-order valence-corrected chi connectivity index (χ1v) is 9.04. The molecule has 1 aliphatic heterocycles. The number of nitrogens with zero attached hydrogens (tertiary/aromatic N) is 2. The molecule has 25 heavy (non-hydrogen) atoms. The second-order valence-electron chi connectivity index (χ2n) is 6.69. The van der Waals surface area contributed by atoms with Crippen LogP contribution in [-0.2, 0) is 11.2 Å². The molecule has 3 rings (SSSR count). The predicted octanol–water partition coefficient (Wildman–Crippen LogP) is 4.20. The van der Waals surface area contributed by atoms with Crippen molar-refractivity contribution < 1.29 is 4.79 Å². The lowest BCUT2D eigenvalue weighted by molar-refractivity contribution is -0.122. The van der Waals surface area contributed by atoms with Crippen LogP contribution in [0.3, 0.4) is 0 Å². The number of carbonyl (C=O) groups is 1. The number of aryl methyl sites for hydroxylation is 1. The van der Waals surface area contributed by atoms with Crippen molar-refractivity contribution in [3.63, 3.8) is 0 Å². The van der Waals surface area contributed by atoms with Gasteiger partial charge in [-0.1, -0.05) is 45.4 Å². The van der Waals surface area contributed by atoms with Crippen LogP contribution in [0.2, 0.25) is 0 Å². The molecular formula is C21H25N3O. The van der Waals surface area contributed by atoms with Crippen molar-refractivity contribution in [1.29, 1.82) is 0 Å². The molecule has 2 atom stereocenters. The van der Waals surface area contributed by atoms with Crippen molar-refractivity contribution in [3.05, 3.63) is 53.9 Å². The van der Waals surface area contributed by atoms with E-state index in [1.165, 1.54) is 11.1 Å². The second-order valence-corrected chi connectivity index (χ2v) is 6.69. The van der Waals surface area contributed by atoms with Crippen LogP contribution in [-0.4, -0.2) is 16.6 Å². The Morgan fingerprint density at radius 2 is 1.92 bits per heavy atom. The molecule has 0 radical (unpaired) electrons. The SMILES string of the molecule is CCc1cc(-c2ccncc2)ccc1C1=NNC(=O)CC1C(C)CC. The monoisotopic (exact) mass is 335 g/mol. The zero-order chi connectivity index (χ0) is 17.8. The minimum Gasteiger partial charge on any atom is -0.273 e. The van der Waals surface area contributed by atoms with Gasteiger partial charge in [-0.25, -0.2) is 5.43 Å². The van der Waals surface area contributed by atoms with Gasteiger partial charge in [0.1, 0.15) is 0 Å². The van der Waals surface area contributed by atoms with Crippen LogP contribution in [0.5, 0.6) is 0 Å². The summed E-state index contributed by atoms with van der Waals surface area (Å²) in [4.78, 5) is 15.9. The van der Waals surface area contributed by atoms with Gasteiger partial charge in [0.15, 0.2) is 0 Å². The lowest BCUT2D eigenvalue weighted by Gasteiger charge is -2.28. The number of aromatic nitrogens is 1. The zero-order valence-corrected chi connectivity index (χ0v) is 15.1. The average Bonchev–Trinajstić information content (AvgIpc) is 2.67. The number of hydrazone groups is 1. The van der Waals surface area contributed by atoms with E-state index in [9.17, 15) is 4.79 Å². The van der Waals surface area contributed by atoms with E-state index < -0.39 is 0 Å². The first-order chi connectivity index (χ1) is 12.1. The summed E-state index contributed by atoms with van der Waals surface area (Å²) in [5.74, 6) is 0.616. The van der Waals surface area contributed by atoms with Crippen LogP contribution in [0.15, 0.2) is 47.8 Å². The van der Waals surface area contributed by atoms with Gasteiger partial charge in [0.25, 0.3) is 0 Å². The van der Waals surface area contributed by atoms with E-state index in [1.54, 1.807) is 0 Å². The molecular weight excluding hydrogens is 310 g/mol. The molecule has 2 heterocycles. The number of rotatable bonds is 5. The smallest absolute Gasteiger partial charge is 0.240 e. The quantitative estimate of drug-likeness (QED) is 0.890. The number of carbonyl (C=O) groups excluding carboxylic acids is 1. The highest BCUT2D eigenvalue weighted by molar-refractivity contribution is 6.07. The van der Waals surface area contributed by atoms with Gasteiger partial charge in [-0.15, -0.1) is 0 Å². The Kier molecular flexibility index (Phi) is 5.27. The van der Waals surface area contributed by atoms with Crippen LogP contribution in [0.4, 0.5) is 0 Å². The minimum absolute atomic E-state index is 0.0144. The first-order valence-electron chi connectivity index (χ1n) is 9.04. The number of benzene rings is 1. The summed E-state index contributed by atoms with van der Waals surface area (Å²) in [5, 5.41) is 4.45. The third-order valence-electron chi connectivity index (χ3n) is 5.16. The maximum Gasteiger partial charge on any atom is 0.240 e. The maximum atomic E-state index is 11.8. The molecule has 0 aliphatic carbocycles. The van der Waals surface area contributed by atoms with E-state index in [-0.39, 0.29) is 11.8 Å². The molecule has 1 aromatic carbocycles. The molecule has 1 aromatic heterocycles. The van der Waals surface area contributed by atoms with Crippen LogP contribution < -0.4 is 5.43 Å². The Bertz CT molecular complexity index is 783. The van der Waals surface area contributed by atoms with Crippen LogP contribution in [0, 0.1) is 11.8 Å². The summed E-state index contributed by atoms with van der Waals surface area (Å²) in [6.07, 6.45) is 6.11. The number of hydrogen-bond acceptors (Lipinski definition) is 3. The maximum absolute atomic E-state index is 11.8. The topological polar surface area (TPSA) is 54.4 Å². The van der Waals surface area contributed by atoms with Crippen LogP contribution in [0.1, 0.15) is 44.7 Å². The summed E-state index contributed by atoms with van der Waals surface area (Å²) in [7, 11) is 0. The van der Waals surface area contributed by atoms with Gasteiger partial charge in [0, 0.05) is 30.3 Å². The van der Waals surface area contributed by atoms with Gasteiger partial charge >= 0.3 is 0 Å². The van der Waals surface area contributed by atoms with Gasteiger partial charge in [-0.05, 0) is 41.2 Å². The molecule has 1 amide bonds. The molecule has 0 spiro atoms. The normalized spacial score (nSPS) is 18.4. The van der Waals surface area contributed by atoms with E-state index >= 15 is 0 Å². The Balaban J connectivity index is 2.02. The average molecular weight is 335 g/mol. The molecule has 2 aromatic rings. The van der Waals surface area contributed by atoms with E-state index in [0.29, 0.717) is 12.3 Å². The van der Waals surface area contributed by atoms with Crippen molar-refractivity contribution in [1.82, 2.24) is 10.4 Å². The Morgan fingerprint density at radius 1 is 1.16 bits per heavy atom. The molecule has 0 fully saturated rings. The highest BCUT2D eigenvalue weighted by atomic mass is 16.2. The fourth-order valence-electron chi connectivity index (χ4n) is 3.42. The molecule has 2 unspecified atom stereocenters. The predicted molar refractivity (Wildman–Crippen MR) is 101 cm³/mol. The number of hydrogen-bond donors (Lipinski definition) is 1. The lowest BCUT2D eigenvalue weighted by atomic mass is 9.79. The first kappa shape index (κ1) is 17.3. The summed E-state index contributed by atoms with van der Waals surface area (Å²) in [5.41, 5.74) is 8.46. The Labute approximate surface area is 149 Å². The minimum atomic E-state index is 0.0144. The molecule has 0 saturated heterocycles. The number of pyridine rings is 1. The van der Waals surface area contributed by atoms with E-state index in [1.807, 2.05) is 24.5 Å². The van der Waals surface area contributed by atoms with Gasteiger partial charge in [-0.3, -0.25) is 9.78 Å². The number of amides is 1. The summed E-state index contributed by atoms with van der Waals surface area (Å²) < 4.78 is 0. The molecule has 0 bridgehead atoms. The van der Waals surface area contributed by atoms with Crippen molar-refractivity contribution in [2.45, 2.75) is 40.0 Å². The van der Waals surface area contributed by atoms with Gasteiger partial charge in [0.05, 0.1) is 5.71 Å². The molecule has 1 N–H and O–H groups in total. The molecule has 4 heteroatoms. The second kappa shape index (κ2) is 7.60. The van der Waals surface area contributed by atoms with E-state index in [0.717, 1.165) is 29.7 Å². The molecule has 130 valence electrons.